The fourth-order valence-corrected chi connectivity index (χ4v) is 1.40. The van der Waals surface area contributed by atoms with Gasteiger partial charge in [-0.2, -0.15) is 0 Å². The summed E-state index contributed by atoms with van der Waals surface area (Å²) in [6.07, 6.45) is 0. The zero-order valence-corrected chi connectivity index (χ0v) is 9.14. The standard InChI is InChI=1S/C11H13NO5/c13-11(14)6-12-3-4-15-8-1-2-9-10(5-8)17-7-16-9/h1-2,5,12H,3-4,6-7H2,(H,13,14). The second-order valence-electron chi connectivity index (χ2n) is 3.43. The van der Waals surface area contributed by atoms with E-state index in [2.05, 4.69) is 5.32 Å². The molecule has 0 saturated carbocycles. The first-order valence-electron chi connectivity index (χ1n) is 5.20. The van der Waals surface area contributed by atoms with Crippen molar-refractivity contribution >= 4 is 5.97 Å². The molecule has 17 heavy (non-hydrogen) atoms. The SMILES string of the molecule is O=C(O)CNCCOc1ccc2c(c1)OCO2. The van der Waals surface area contributed by atoms with Crippen LogP contribution < -0.4 is 19.5 Å². The minimum atomic E-state index is -0.881. The Hall–Kier alpha value is -1.95. The lowest BCUT2D eigenvalue weighted by atomic mass is 10.3. The average Bonchev–Trinajstić information content (AvgIpc) is 2.75. The summed E-state index contributed by atoms with van der Waals surface area (Å²) < 4.78 is 15.8. The van der Waals surface area contributed by atoms with Crippen LogP contribution in [0.15, 0.2) is 18.2 Å². The number of aliphatic carboxylic acids is 1. The lowest BCUT2D eigenvalue weighted by molar-refractivity contribution is -0.135. The van der Waals surface area contributed by atoms with Gasteiger partial charge in [0.05, 0.1) is 6.54 Å². The first-order chi connectivity index (χ1) is 8.25. The minimum absolute atomic E-state index is 0.0650. The van der Waals surface area contributed by atoms with E-state index in [1.54, 1.807) is 18.2 Å². The van der Waals surface area contributed by atoms with Crippen molar-refractivity contribution in [3.63, 3.8) is 0 Å². The third-order valence-electron chi connectivity index (χ3n) is 2.17. The highest BCUT2D eigenvalue weighted by Gasteiger charge is 2.13. The molecule has 1 heterocycles. The Bertz CT molecular complexity index is 407. The van der Waals surface area contributed by atoms with Crippen LogP contribution in [0.3, 0.4) is 0 Å². The zero-order valence-electron chi connectivity index (χ0n) is 9.14. The summed E-state index contributed by atoms with van der Waals surface area (Å²) >= 11 is 0. The fraction of sp³-hybridized carbons (Fsp3) is 0.364. The van der Waals surface area contributed by atoms with Gasteiger partial charge in [-0.3, -0.25) is 4.79 Å². The Morgan fingerprint density at radius 2 is 2.24 bits per heavy atom. The molecule has 6 nitrogen and oxygen atoms in total. The highest BCUT2D eigenvalue weighted by molar-refractivity contribution is 5.68. The molecule has 0 aromatic heterocycles. The molecule has 92 valence electrons. The molecule has 1 aromatic carbocycles. The van der Waals surface area contributed by atoms with Crippen molar-refractivity contribution in [2.24, 2.45) is 0 Å². The third kappa shape index (κ3) is 3.25. The van der Waals surface area contributed by atoms with Gasteiger partial charge in [0.15, 0.2) is 11.5 Å². The molecule has 0 bridgehead atoms. The summed E-state index contributed by atoms with van der Waals surface area (Å²) in [5.74, 6) is 1.17. The molecular formula is C11H13NO5. The van der Waals surface area contributed by atoms with Crippen molar-refractivity contribution < 1.29 is 24.1 Å². The van der Waals surface area contributed by atoms with Gasteiger partial charge < -0.3 is 24.6 Å². The van der Waals surface area contributed by atoms with Crippen LogP contribution in [0, 0.1) is 0 Å². The van der Waals surface area contributed by atoms with Crippen molar-refractivity contribution in [2.75, 3.05) is 26.5 Å². The second kappa shape index (κ2) is 5.40. The van der Waals surface area contributed by atoms with E-state index in [1.165, 1.54) is 0 Å². The maximum Gasteiger partial charge on any atom is 0.317 e. The predicted molar refractivity (Wildman–Crippen MR) is 58.6 cm³/mol. The summed E-state index contributed by atoms with van der Waals surface area (Å²) in [4.78, 5) is 10.2. The van der Waals surface area contributed by atoms with Gasteiger partial charge in [-0.05, 0) is 12.1 Å². The monoisotopic (exact) mass is 239 g/mol. The summed E-state index contributed by atoms with van der Waals surface area (Å²) in [6.45, 7) is 1.04. The molecule has 2 rings (SSSR count). The van der Waals surface area contributed by atoms with Gasteiger partial charge in [-0.15, -0.1) is 0 Å². The van der Waals surface area contributed by atoms with Crippen LogP contribution in [0.5, 0.6) is 17.2 Å². The summed E-state index contributed by atoms with van der Waals surface area (Å²) in [5, 5.41) is 11.1. The van der Waals surface area contributed by atoms with Gasteiger partial charge in [-0.1, -0.05) is 0 Å². The normalized spacial score (nSPS) is 12.5. The van der Waals surface area contributed by atoms with Crippen molar-refractivity contribution in [3.05, 3.63) is 18.2 Å². The minimum Gasteiger partial charge on any atom is -0.492 e. The third-order valence-corrected chi connectivity index (χ3v) is 2.17. The first-order valence-corrected chi connectivity index (χ1v) is 5.20. The number of nitrogens with one attached hydrogen (secondary N) is 1. The van der Waals surface area contributed by atoms with Crippen molar-refractivity contribution in [2.45, 2.75) is 0 Å². The molecule has 0 spiro atoms. The first kappa shape index (κ1) is 11.5. The highest BCUT2D eigenvalue weighted by Crippen LogP contribution is 2.34. The van der Waals surface area contributed by atoms with E-state index in [1.807, 2.05) is 0 Å². The zero-order chi connectivity index (χ0) is 12.1. The van der Waals surface area contributed by atoms with Gasteiger partial charge in [-0.25, -0.2) is 0 Å². The lowest BCUT2D eigenvalue weighted by Gasteiger charge is -2.06. The van der Waals surface area contributed by atoms with E-state index in [9.17, 15) is 4.79 Å². The predicted octanol–water partition coefficient (Wildman–Crippen LogP) is 0.468. The van der Waals surface area contributed by atoms with E-state index in [0.29, 0.717) is 30.4 Å². The number of carboxylic acids is 1. The number of carbonyl (C=O) groups is 1. The maximum absolute atomic E-state index is 10.2. The van der Waals surface area contributed by atoms with E-state index in [4.69, 9.17) is 19.3 Å². The number of hydrogen-bond acceptors (Lipinski definition) is 5. The molecule has 1 aliphatic heterocycles. The van der Waals surface area contributed by atoms with Gasteiger partial charge in [0.2, 0.25) is 6.79 Å². The lowest BCUT2D eigenvalue weighted by Crippen LogP contribution is -2.26. The molecule has 0 aliphatic carbocycles. The number of ether oxygens (including phenoxy) is 3. The number of benzene rings is 1. The van der Waals surface area contributed by atoms with Crippen LogP contribution in [0.1, 0.15) is 0 Å². The van der Waals surface area contributed by atoms with Gasteiger partial charge in [0, 0.05) is 12.6 Å². The summed E-state index contributed by atoms with van der Waals surface area (Å²) in [6, 6.07) is 5.31. The van der Waals surface area contributed by atoms with Crippen LogP contribution >= 0.6 is 0 Å². The van der Waals surface area contributed by atoms with E-state index >= 15 is 0 Å². The highest BCUT2D eigenvalue weighted by atomic mass is 16.7. The number of rotatable bonds is 6. The quantitative estimate of drug-likeness (QED) is 0.703. The Kier molecular flexibility index (Phi) is 3.66. The van der Waals surface area contributed by atoms with Crippen molar-refractivity contribution in [1.29, 1.82) is 0 Å². The summed E-state index contributed by atoms with van der Waals surface area (Å²) in [7, 11) is 0. The smallest absolute Gasteiger partial charge is 0.317 e. The van der Waals surface area contributed by atoms with E-state index in [0.717, 1.165) is 0 Å². The molecule has 2 N–H and O–H groups in total. The van der Waals surface area contributed by atoms with Crippen LogP contribution in [-0.2, 0) is 4.79 Å². The van der Waals surface area contributed by atoms with Crippen LogP contribution in [0.4, 0.5) is 0 Å². The molecule has 1 aromatic rings. The van der Waals surface area contributed by atoms with Crippen molar-refractivity contribution in [3.8, 4) is 17.2 Å². The molecule has 0 amide bonds. The number of hydrogen-bond donors (Lipinski definition) is 2. The van der Waals surface area contributed by atoms with Gasteiger partial charge >= 0.3 is 5.97 Å². The molecule has 0 saturated heterocycles. The Morgan fingerprint density at radius 1 is 1.41 bits per heavy atom. The largest absolute Gasteiger partial charge is 0.492 e. The second-order valence-corrected chi connectivity index (χ2v) is 3.43. The van der Waals surface area contributed by atoms with E-state index < -0.39 is 5.97 Å². The van der Waals surface area contributed by atoms with Crippen LogP contribution in [0.2, 0.25) is 0 Å². The molecule has 0 unspecified atom stereocenters. The molecule has 1 aliphatic rings. The van der Waals surface area contributed by atoms with Crippen LogP contribution in [0.25, 0.3) is 0 Å². The molecular weight excluding hydrogens is 226 g/mol. The Morgan fingerprint density at radius 3 is 3.06 bits per heavy atom. The topological polar surface area (TPSA) is 77.0 Å². The average molecular weight is 239 g/mol. The maximum atomic E-state index is 10.2. The summed E-state index contributed by atoms with van der Waals surface area (Å²) in [5.41, 5.74) is 0. The molecule has 0 atom stereocenters. The van der Waals surface area contributed by atoms with Gasteiger partial charge in [0.25, 0.3) is 0 Å². The Balaban J connectivity index is 1.74. The fourth-order valence-electron chi connectivity index (χ4n) is 1.40. The van der Waals surface area contributed by atoms with E-state index in [-0.39, 0.29) is 13.3 Å². The Labute approximate surface area is 98.1 Å². The van der Waals surface area contributed by atoms with Gasteiger partial charge in [0.1, 0.15) is 12.4 Å². The molecule has 0 fully saturated rings. The molecule has 0 radical (unpaired) electrons. The number of fused-ring (bicyclic) bond motifs is 1. The molecule has 6 heteroatoms. The van der Waals surface area contributed by atoms with Crippen LogP contribution in [-0.4, -0.2) is 37.6 Å². The number of carboxylic acid groups (broad SMARTS) is 1. The van der Waals surface area contributed by atoms with Crippen molar-refractivity contribution in [1.82, 2.24) is 5.32 Å².